The number of hydrogen-bond acceptors (Lipinski definition) is 3. The average molecular weight is 637 g/mol. The van der Waals surface area contributed by atoms with Gasteiger partial charge in [-0.2, -0.15) is 0 Å². The number of carbonyl (C=O) groups is 2. The van der Waals surface area contributed by atoms with Gasteiger partial charge in [-0.05, 0) is 47.9 Å². The van der Waals surface area contributed by atoms with Crippen LogP contribution in [0.15, 0.2) is 81.7 Å². The van der Waals surface area contributed by atoms with Crippen molar-refractivity contribution in [2.45, 2.75) is 38.8 Å². The molecule has 36 heavy (non-hydrogen) atoms. The van der Waals surface area contributed by atoms with E-state index in [1.807, 2.05) is 54.6 Å². The minimum Gasteiger partial charge on any atom is -0.482 e. The van der Waals surface area contributed by atoms with Crippen molar-refractivity contribution in [3.8, 4) is 5.75 Å². The second-order valence-corrected chi connectivity index (χ2v) is 10.6. The molecule has 3 aromatic carbocycles. The molecule has 0 aromatic heterocycles. The highest BCUT2D eigenvalue weighted by Crippen LogP contribution is 2.28. The van der Waals surface area contributed by atoms with E-state index in [0.717, 1.165) is 32.9 Å². The molecule has 0 heterocycles. The van der Waals surface area contributed by atoms with Crippen molar-refractivity contribution in [2.75, 3.05) is 13.2 Å². The second-order valence-electron chi connectivity index (χ2n) is 8.37. The number of hydrogen-bond donors (Lipinski definition) is 1. The summed E-state index contributed by atoms with van der Waals surface area (Å²) in [5.41, 5.74) is 1.87. The summed E-state index contributed by atoms with van der Waals surface area (Å²) in [6.45, 7) is 2.64. The van der Waals surface area contributed by atoms with E-state index in [1.54, 1.807) is 23.1 Å². The molecule has 0 radical (unpaired) electrons. The lowest BCUT2D eigenvalue weighted by atomic mass is 10.0. The van der Waals surface area contributed by atoms with Crippen molar-refractivity contribution in [3.63, 3.8) is 0 Å². The average Bonchev–Trinajstić information content (AvgIpc) is 2.86. The van der Waals surface area contributed by atoms with E-state index >= 15 is 0 Å². The molecule has 0 bridgehead atoms. The highest BCUT2D eigenvalue weighted by Gasteiger charge is 2.30. The van der Waals surface area contributed by atoms with E-state index in [4.69, 9.17) is 16.3 Å². The number of carbonyl (C=O) groups excluding carboxylic acids is 2. The Morgan fingerprint density at radius 3 is 2.39 bits per heavy atom. The molecule has 0 aliphatic rings. The van der Waals surface area contributed by atoms with Crippen LogP contribution in [0.25, 0.3) is 0 Å². The van der Waals surface area contributed by atoms with E-state index in [0.29, 0.717) is 23.7 Å². The quantitative estimate of drug-likeness (QED) is 0.223. The molecular formula is C28H29Br2ClN2O3. The summed E-state index contributed by atoms with van der Waals surface area (Å²) in [5, 5.41) is 3.41. The summed E-state index contributed by atoms with van der Waals surface area (Å²) in [5.74, 6) is -0.0829. The molecule has 0 saturated heterocycles. The number of amides is 2. The van der Waals surface area contributed by atoms with Crippen LogP contribution in [0.3, 0.4) is 0 Å². The number of nitrogens with one attached hydrogen (secondary N) is 1. The molecule has 1 unspecified atom stereocenters. The van der Waals surface area contributed by atoms with Gasteiger partial charge in [-0.3, -0.25) is 9.59 Å². The van der Waals surface area contributed by atoms with Crippen LogP contribution in [0.4, 0.5) is 0 Å². The fourth-order valence-corrected chi connectivity index (χ4v) is 4.88. The molecule has 8 heteroatoms. The number of benzene rings is 3. The highest BCUT2D eigenvalue weighted by atomic mass is 79.9. The van der Waals surface area contributed by atoms with Crippen molar-refractivity contribution in [1.82, 2.24) is 10.2 Å². The first-order chi connectivity index (χ1) is 17.4. The topological polar surface area (TPSA) is 58.6 Å². The molecule has 0 aliphatic heterocycles. The molecule has 0 aliphatic carbocycles. The van der Waals surface area contributed by atoms with E-state index in [9.17, 15) is 9.59 Å². The zero-order valence-corrected chi connectivity index (χ0v) is 24.0. The molecule has 0 spiro atoms. The van der Waals surface area contributed by atoms with Gasteiger partial charge in [0, 0.05) is 28.5 Å². The molecule has 0 fully saturated rings. The van der Waals surface area contributed by atoms with Gasteiger partial charge < -0.3 is 15.0 Å². The Kier molecular flexibility index (Phi) is 11.3. The zero-order chi connectivity index (χ0) is 25.9. The predicted octanol–water partition coefficient (Wildman–Crippen LogP) is 6.80. The lowest BCUT2D eigenvalue weighted by Crippen LogP contribution is -2.51. The van der Waals surface area contributed by atoms with Crippen molar-refractivity contribution in [1.29, 1.82) is 0 Å². The van der Waals surface area contributed by atoms with Crippen molar-refractivity contribution in [3.05, 3.63) is 97.9 Å². The summed E-state index contributed by atoms with van der Waals surface area (Å²) in [7, 11) is 0. The fourth-order valence-electron chi connectivity index (χ4n) is 3.71. The molecule has 1 atom stereocenters. The maximum absolute atomic E-state index is 13.6. The normalized spacial score (nSPS) is 11.6. The third-order valence-electron chi connectivity index (χ3n) is 5.59. The Labute approximate surface area is 234 Å². The number of ether oxygens (including phenoxy) is 1. The summed E-state index contributed by atoms with van der Waals surface area (Å²) >= 11 is 13.2. The molecule has 2 amide bonds. The van der Waals surface area contributed by atoms with E-state index in [1.165, 1.54) is 0 Å². The number of halogens is 3. The molecular weight excluding hydrogens is 608 g/mol. The first-order valence-corrected chi connectivity index (χ1v) is 13.8. The lowest BCUT2D eigenvalue weighted by Gasteiger charge is -2.31. The van der Waals surface area contributed by atoms with E-state index < -0.39 is 6.04 Å². The van der Waals surface area contributed by atoms with Gasteiger partial charge in [0.25, 0.3) is 5.91 Å². The number of unbranched alkanes of at least 4 members (excludes halogenated alkanes) is 1. The van der Waals surface area contributed by atoms with Crippen LogP contribution in [0.5, 0.6) is 5.75 Å². The molecule has 190 valence electrons. The summed E-state index contributed by atoms with van der Waals surface area (Å²) in [6, 6.07) is 21.9. The largest absolute Gasteiger partial charge is 0.482 e. The first kappa shape index (κ1) is 28.2. The van der Waals surface area contributed by atoms with Gasteiger partial charge in [-0.15, -0.1) is 0 Å². The van der Waals surface area contributed by atoms with Gasteiger partial charge in [-0.1, -0.05) is 99.3 Å². The maximum atomic E-state index is 13.6. The van der Waals surface area contributed by atoms with Gasteiger partial charge in [0.2, 0.25) is 5.91 Å². The smallest absolute Gasteiger partial charge is 0.261 e. The Morgan fingerprint density at radius 2 is 1.69 bits per heavy atom. The van der Waals surface area contributed by atoms with Crippen LogP contribution in [-0.4, -0.2) is 35.9 Å². The number of nitrogens with zero attached hydrogens (tertiary/aromatic N) is 1. The van der Waals surface area contributed by atoms with Crippen LogP contribution in [0.2, 0.25) is 5.02 Å². The Bertz CT molecular complexity index is 1160. The van der Waals surface area contributed by atoms with E-state index in [-0.39, 0.29) is 25.0 Å². The Hall–Kier alpha value is -2.35. The van der Waals surface area contributed by atoms with Crippen LogP contribution < -0.4 is 10.1 Å². The van der Waals surface area contributed by atoms with Crippen LogP contribution in [0, 0.1) is 0 Å². The first-order valence-electron chi connectivity index (χ1n) is 11.8. The number of rotatable bonds is 12. The summed E-state index contributed by atoms with van der Waals surface area (Å²) in [6.07, 6.45) is 2.22. The van der Waals surface area contributed by atoms with Crippen molar-refractivity contribution >= 4 is 55.3 Å². The van der Waals surface area contributed by atoms with Crippen LogP contribution in [-0.2, 0) is 22.6 Å². The molecule has 3 aromatic rings. The van der Waals surface area contributed by atoms with Gasteiger partial charge in [0.05, 0.1) is 5.02 Å². The predicted molar refractivity (Wildman–Crippen MR) is 151 cm³/mol. The monoisotopic (exact) mass is 634 g/mol. The summed E-state index contributed by atoms with van der Waals surface area (Å²) in [4.78, 5) is 28.6. The van der Waals surface area contributed by atoms with Gasteiger partial charge in [0.1, 0.15) is 11.8 Å². The van der Waals surface area contributed by atoms with Gasteiger partial charge in [-0.25, -0.2) is 0 Å². The van der Waals surface area contributed by atoms with Gasteiger partial charge in [0.15, 0.2) is 6.61 Å². The van der Waals surface area contributed by atoms with Crippen molar-refractivity contribution < 1.29 is 14.3 Å². The van der Waals surface area contributed by atoms with Crippen molar-refractivity contribution in [2.24, 2.45) is 0 Å². The van der Waals surface area contributed by atoms with E-state index in [2.05, 4.69) is 44.1 Å². The van der Waals surface area contributed by atoms with Crippen LogP contribution in [0.1, 0.15) is 30.9 Å². The minimum absolute atomic E-state index is 0.183. The summed E-state index contributed by atoms with van der Waals surface area (Å²) < 4.78 is 7.50. The fraction of sp³-hybridized carbons (Fsp3) is 0.286. The molecule has 3 rings (SSSR count). The molecule has 5 nitrogen and oxygen atoms in total. The second kappa shape index (κ2) is 14.4. The zero-order valence-electron chi connectivity index (χ0n) is 20.1. The minimum atomic E-state index is -0.709. The Morgan fingerprint density at radius 1 is 0.972 bits per heavy atom. The SMILES string of the molecule is CCCCNC(=O)C(Cc1ccccc1)N(Cc1cccc(Br)c1)C(=O)COc1ccc(Br)cc1Cl. The maximum Gasteiger partial charge on any atom is 0.261 e. The Balaban J connectivity index is 1.89. The molecule has 1 N–H and O–H groups in total. The lowest BCUT2D eigenvalue weighted by molar-refractivity contribution is -0.142. The highest BCUT2D eigenvalue weighted by molar-refractivity contribution is 9.10. The third-order valence-corrected chi connectivity index (χ3v) is 6.87. The van der Waals surface area contributed by atoms with Crippen LogP contribution >= 0.6 is 43.5 Å². The molecule has 0 saturated carbocycles. The standard InChI is InChI=1S/C28H29Br2ClN2O3/c1-2-3-14-32-28(35)25(16-20-8-5-4-6-9-20)33(18-21-10-7-11-22(29)15-21)27(34)19-36-26-13-12-23(30)17-24(26)31/h4-13,15,17,25H,2-3,14,16,18-19H2,1H3,(H,32,35). The third kappa shape index (κ3) is 8.64. The van der Waals surface area contributed by atoms with Gasteiger partial charge >= 0.3 is 0 Å².